The molecule has 1 aliphatic rings. The number of amides is 1. The van der Waals surface area contributed by atoms with Gasteiger partial charge in [-0.1, -0.05) is 41.1 Å². The van der Waals surface area contributed by atoms with Crippen LogP contribution in [0.2, 0.25) is 10.0 Å². The highest BCUT2D eigenvalue weighted by Gasteiger charge is 2.20. The van der Waals surface area contributed by atoms with Crippen LogP contribution in [0.25, 0.3) is 11.0 Å². The zero-order chi connectivity index (χ0) is 27.0. The topological polar surface area (TPSA) is 93.3 Å². The second kappa shape index (κ2) is 10.6. The van der Waals surface area contributed by atoms with E-state index in [0.29, 0.717) is 55.4 Å². The molecule has 1 saturated carbocycles. The summed E-state index contributed by atoms with van der Waals surface area (Å²) in [4.78, 5) is 23.1. The Morgan fingerprint density at radius 1 is 1.16 bits per heavy atom. The summed E-state index contributed by atoms with van der Waals surface area (Å²) in [7, 11) is 3.72. The van der Waals surface area contributed by atoms with Crippen molar-refractivity contribution in [1.29, 1.82) is 0 Å². The van der Waals surface area contributed by atoms with Crippen molar-refractivity contribution in [3.8, 4) is 11.8 Å². The Balaban J connectivity index is 1.49. The predicted molar refractivity (Wildman–Crippen MR) is 154 cm³/mol. The Kier molecular flexibility index (Phi) is 7.22. The van der Waals surface area contributed by atoms with Crippen LogP contribution in [0.4, 0.5) is 17.3 Å². The van der Waals surface area contributed by atoms with Crippen molar-refractivity contribution in [2.24, 2.45) is 5.92 Å². The van der Waals surface area contributed by atoms with Crippen LogP contribution < -0.4 is 15.5 Å². The van der Waals surface area contributed by atoms with Crippen LogP contribution in [0.5, 0.6) is 0 Å². The van der Waals surface area contributed by atoms with Crippen molar-refractivity contribution < 1.29 is 9.90 Å². The predicted octanol–water partition coefficient (Wildman–Crippen LogP) is 6.36. The van der Waals surface area contributed by atoms with Crippen molar-refractivity contribution in [2.75, 3.05) is 29.6 Å². The van der Waals surface area contributed by atoms with E-state index in [1.165, 1.54) is 0 Å². The van der Waals surface area contributed by atoms with Crippen LogP contribution in [0, 0.1) is 24.7 Å². The fourth-order valence-electron chi connectivity index (χ4n) is 3.99. The van der Waals surface area contributed by atoms with Crippen LogP contribution in [0.15, 0.2) is 48.5 Å². The largest absolute Gasteiger partial charge is 0.369 e. The number of imidazole rings is 1. The third-order valence-corrected chi connectivity index (χ3v) is 7.10. The number of aromatic nitrogens is 2. The Labute approximate surface area is 231 Å². The quantitative estimate of drug-likeness (QED) is 0.166. The number of H-pyrrole nitrogens is 1. The number of benzene rings is 3. The Morgan fingerprint density at radius 3 is 2.68 bits per heavy atom. The van der Waals surface area contributed by atoms with E-state index in [0.717, 1.165) is 24.0 Å². The van der Waals surface area contributed by atoms with E-state index in [9.17, 15) is 9.90 Å². The molecule has 0 bridgehead atoms. The van der Waals surface area contributed by atoms with Crippen molar-refractivity contribution in [2.45, 2.75) is 26.0 Å². The smallest absolute Gasteiger partial charge is 0.258 e. The van der Waals surface area contributed by atoms with E-state index in [1.54, 1.807) is 42.5 Å². The van der Waals surface area contributed by atoms with E-state index >= 15 is 0 Å². The van der Waals surface area contributed by atoms with Crippen molar-refractivity contribution >= 4 is 57.5 Å². The fraction of sp³-hybridized carbons (Fsp3) is 0.241. The normalized spacial score (nSPS) is 13.5. The fourth-order valence-corrected chi connectivity index (χ4v) is 4.38. The number of hydrogen-bond donors (Lipinski definition) is 4. The minimum atomic E-state index is -1.13. The summed E-state index contributed by atoms with van der Waals surface area (Å²) in [6.45, 7) is 1.84. The van der Waals surface area contributed by atoms with E-state index in [4.69, 9.17) is 23.2 Å². The lowest BCUT2D eigenvalue weighted by Gasteiger charge is -2.17. The number of nitrogens with one attached hydrogen (secondary N) is 3. The number of fused-ring (bicyclic) bond motifs is 1. The molecule has 1 amide bonds. The van der Waals surface area contributed by atoms with Gasteiger partial charge in [-0.3, -0.25) is 4.79 Å². The van der Waals surface area contributed by atoms with Gasteiger partial charge >= 0.3 is 0 Å². The molecule has 38 heavy (non-hydrogen) atoms. The van der Waals surface area contributed by atoms with Gasteiger partial charge in [0.15, 0.2) is 6.23 Å². The van der Waals surface area contributed by atoms with Crippen molar-refractivity contribution in [3.63, 3.8) is 0 Å². The number of halogens is 2. The van der Waals surface area contributed by atoms with Crippen LogP contribution in [0.3, 0.4) is 0 Å². The first-order chi connectivity index (χ1) is 18.2. The molecule has 0 spiro atoms. The third-order valence-electron chi connectivity index (χ3n) is 6.35. The molecule has 0 radical (unpaired) electrons. The maximum absolute atomic E-state index is 13.5. The maximum Gasteiger partial charge on any atom is 0.258 e. The molecule has 1 atom stereocenters. The number of carbonyl (C=O) groups is 1. The first kappa shape index (κ1) is 25.9. The second-order valence-corrected chi connectivity index (χ2v) is 10.4. The molecule has 1 fully saturated rings. The molecule has 1 unspecified atom stereocenters. The highest BCUT2D eigenvalue weighted by Crippen LogP contribution is 2.31. The number of hydrogen-bond acceptors (Lipinski definition) is 5. The first-order valence-corrected chi connectivity index (χ1v) is 13.0. The molecule has 9 heteroatoms. The molecular formula is C29H27Cl2N5O2. The maximum atomic E-state index is 13.5. The molecule has 7 nitrogen and oxygen atoms in total. The molecule has 4 aromatic rings. The molecule has 0 saturated heterocycles. The van der Waals surface area contributed by atoms with Crippen molar-refractivity contribution in [1.82, 2.24) is 9.97 Å². The van der Waals surface area contributed by atoms with Gasteiger partial charge in [0.2, 0.25) is 5.95 Å². The number of carbonyl (C=O) groups excluding carboxylic acids is 1. The number of anilines is 3. The number of aliphatic hydroxyl groups is 1. The van der Waals surface area contributed by atoms with E-state index in [1.807, 2.05) is 32.0 Å². The van der Waals surface area contributed by atoms with Crippen LogP contribution >= 0.6 is 23.2 Å². The van der Waals surface area contributed by atoms with Gasteiger partial charge < -0.3 is 25.6 Å². The molecule has 1 heterocycles. The lowest BCUT2D eigenvalue weighted by Crippen LogP contribution is -2.15. The Morgan fingerprint density at radius 2 is 1.95 bits per heavy atom. The second-order valence-electron chi connectivity index (χ2n) is 9.57. The molecule has 1 aromatic heterocycles. The van der Waals surface area contributed by atoms with E-state index < -0.39 is 6.23 Å². The average molecular weight is 548 g/mol. The Hall–Kier alpha value is -3.70. The molecule has 4 N–H and O–H groups in total. The van der Waals surface area contributed by atoms with Crippen LogP contribution in [-0.2, 0) is 0 Å². The standard InChI is InChI=1S/C29H27Cl2N5O2/c1-16-22(30)5-4-6-24(16)33-28(38)21-14-19(15-25-26(21)35-29(34-25)36(2)3)32-27(37)20-13-18(11-12-23(20)31)10-9-17-7-8-17/h4-6,11-15,17,27,32,37H,7-8H2,1-3H3,(H,33,38)(H,34,35). The summed E-state index contributed by atoms with van der Waals surface area (Å²) in [5.74, 6) is 7.08. The van der Waals surface area contributed by atoms with Gasteiger partial charge in [0.05, 0.1) is 11.1 Å². The molecule has 3 aromatic carbocycles. The highest BCUT2D eigenvalue weighted by molar-refractivity contribution is 6.32. The zero-order valence-electron chi connectivity index (χ0n) is 21.2. The lowest BCUT2D eigenvalue weighted by molar-refractivity contribution is 0.102. The molecular weight excluding hydrogens is 521 g/mol. The number of nitrogens with zero attached hydrogens (tertiary/aromatic N) is 2. The summed E-state index contributed by atoms with van der Waals surface area (Å²) in [5.41, 5.74) is 4.62. The third kappa shape index (κ3) is 5.58. The highest BCUT2D eigenvalue weighted by atomic mass is 35.5. The molecule has 194 valence electrons. The summed E-state index contributed by atoms with van der Waals surface area (Å²) in [6.07, 6.45) is 1.14. The molecule has 1 aliphatic carbocycles. The van der Waals surface area contributed by atoms with Crippen molar-refractivity contribution in [3.05, 3.63) is 80.8 Å². The van der Waals surface area contributed by atoms with Gasteiger partial charge in [0, 0.05) is 52.6 Å². The SMILES string of the molecule is Cc1c(Cl)cccc1NC(=O)c1cc(NC(O)c2cc(C#CC3CC3)ccc2Cl)cc2[nH]c(N(C)C)nc12. The molecule has 0 aliphatic heterocycles. The van der Waals surface area contributed by atoms with Crippen LogP contribution in [-0.4, -0.2) is 35.1 Å². The van der Waals surface area contributed by atoms with Gasteiger partial charge in [0.1, 0.15) is 5.52 Å². The van der Waals surface area contributed by atoms with Gasteiger partial charge in [-0.2, -0.15) is 0 Å². The molecule has 5 rings (SSSR count). The van der Waals surface area contributed by atoms with E-state index in [2.05, 4.69) is 32.4 Å². The average Bonchev–Trinajstić information content (AvgIpc) is 3.61. The minimum Gasteiger partial charge on any atom is -0.369 e. The summed E-state index contributed by atoms with van der Waals surface area (Å²) < 4.78 is 0. The number of rotatable bonds is 6. The van der Waals surface area contributed by atoms with Gasteiger partial charge in [-0.15, -0.1) is 0 Å². The number of aliphatic hydroxyl groups excluding tert-OH is 1. The summed E-state index contributed by atoms with van der Waals surface area (Å²) >= 11 is 12.7. The van der Waals surface area contributed by atoms with E-state index in [-0.39, 0.29) is 5.91 Å². The summed E-state index contributed by atoms with van der Waals surface area (Å²) in [5, 5.41) is 18.1. The Bertz CT molecular complexity index is 1600. The monoisotopic (exact) mass is 547 g/mol. The first-order valence-electron chi connectivity index (χ1n) is 12.2. The van der Waals surface area contributed by atoms with Gasteiger partial charge in [-0.25, -0.2) is 4.98 Å². The lowest BCUT2D eigenvalue weighted by atomic mass is 10.1. The minimum absolute atomic E-state index is 0.330. The summed E-state index contributed by atoms with van der Waals surface area (Å²) in [6, 6.07) is 14.1. The van der Waals surface area contributed by atoms with Crippen LogP contribution in [0.1, 0.15) is 46.1 Å². The zero-order valence-corrected chi connectivity index (χ0v) is 22.7. The number of aromatic amines is 1. The van der Waals surface area contributed by atoms with Gasteiger partial charge in [-0.05, 0) is 67.8 Å². The van der Waals surface area contributed by atoms with Gasteiger partial charge in [0.25, 0.3) is 5.91 Å².